The molecule has 0 amide bonds. The van der Waals surface area contributed by atoms with Crippen molar-refractivity contribution in [2.75, 3.05) is 19.8 Å². The maximum atomic E-state index is 8.27. The summed E-state index contributed by atoms with van der Waals surface area (Å²) in [6, 6.07) is 0. The number of nitriles is 3. The average Bonchev–Trinajstić information content (AvgIpc) is 2.31. The predicted molar refractivity (Wildman–Crippen MR) is 52.0 cm³/mol. The van der Waals surface area contributed by atoms with Crippen LogP contribution >= 0.6 is 0 Å². The number of hydrogen-bond donors (Lipinski definition) is 0. The summed E-state index contributed by atoms with van der Waals surface area (Å²) < 4.78 is 13.7. The molecule has 0 bridgehead atoms. The lowest BCUT2D eigenvalue weighted by Crippen LogP contribution is -2.11. The van der Waals surface area contributed by atoms with E-state index in [1.165, 1.54) is 0 Å². The lowest BCUT2D eigenvalue weighted by atomic mass is 10.0. The molecule has 1 unspecified atom stereocenters. The molecule has 0 radical (unpaired) electrons. The van der Waals surface area contributed by atoms with Crippen molar-refractivity contribution in [3.05, 3.63) is 0 Å². The quantitative estimate of drug-likeness (QED) is 0.431. The van der Waals surface area contributed by atoms with Crippen LogP contribution in [0.25, 0.3) is 0 Å². The highest BCUT2D eigenvalue weighted by atomic mass is 16.5. The molecule has 0 aromatic heterocycles. The molecule has 0 heterocycles. The smallest absolute Gasteiger partial charge is 0.286 e. The Bertz CT molecular complexity index is 287. The van der Waals surface area contributed by atoms with E-state index in [9.17, 15) is 0 Å². The van der Waals surface area contributed by atoms with Crippen LogP contribution in [0.2, 0.25) is 0 Å². The zero-order valence-corrected chi connectivity index (χ0v) is 8.89. The summed E-state index contributed by atoms with van der Waals surface area (Å²) in [5.74, 6) is 0.135. The maximum absolute atomic E-state index is 8.27. The Morgan fingerprint density at radius 1 is 0.812 bits per heavy atom. The molecule has 16 heavy (non-hydrogen) atoms. The monoisotopic (exact) mass is 223 g/mol. The van der Waals surface area contributed by atoms with Crippen LogP contribution in [0.1, 0.15) is 19.3 Å². The summed E-state index contributed by atoms with van der Waals surface area (Å²) >= 11 is 0. The Morgan fingerprint density at radius 3 is 2.06 bits per heavy atom. The molecule has 0 aliphatic heterocycles. The van der Waals surface area contributed by atoms with Crippen molar-refractivity contribution in [1.29, 1.82) is 15.8 Å². The molecule has 0 saturated heterocycles. The van der Waals surface area contributed by atoms with Crippen LogP contribution in [0.4, 0.5) is 0 Å². The molecule has 6 nitrogen and oxygen atoms in total. The van der Waals surface area contributed by atoms with E-state index >= 15 is 0 Å². The first-order chi connectivity index (χ1) is 7.85. The fourth-order valence-electron chi connectivity index (χ4n) is 1.23. The zero-order chi connectivity index (χ0) is 12.1. The van der Waals surface area contributed by atoms with Gasteiger partial charge >= 0.3 is 0 Å². The van der Waals surface area contributed by atoms with E-state index in [2.05, 4.69) is 14.2 Å². The molecule has 0 rings (SSSR count). The van der Waals surface area contributed by atoms with Gasteiger partial charge in [-0.15, -0.1) is 0 Å². The van der Waals surface area contributed by atoms with Gasteiger partial charge in [0.1, 0.15) is 19.8 Å². The first-order valence-electron chi connectivity index (χ1n) is 4.87. The normalized spacial score (nSPS) is 10.3. The summed E-state index contributed by atoms with van der Waals surface area (Å²) in [6.07, 6.45) is 6.88. The molecule has 0 aliphatic rings. The second-order valence-corrected chi connectivity index (χ2v) is 3.08. The van der Waals surface area contributed by atoms with E-state index in [1.54, 1.807) is 18.8 Å². The molecule has 1 atom stereocenters. The highest BCUT2D eigenvalue weighted by molar-refractivity contribution is 4.63. The lowest BCUT2D eigenvalue weighted by molar-refractivity contribution is 0.155. The molecule has 0 aromatic rings. The van der Waals surface area contributed by atoms with E-state index in [0.29, 0.717) is 32.7 Å². The third kappa shape index (κ3) is 8.47. The van der Waals surface area contributed by atoms with Crippen LogP contribution in [0.3, 0.4) is 0 Å². The lowest BCUT2D eigenvalue weighted by Gasteiger charge is -2.13. The minimum Gasteiger partial charge on any atom is -0.428 e. The number of hydrogen-bond acceptors (Lipinski definition) is 6. The third-order valence-electron chi connectivity index (χ3n) is 2.00. The van der Waals surface area contributed by atoms with Gasteiger partial charge in [-0.2, -0.15) is 15.8 Å². The summed E-state index contributed by atoms with van der Waals surface area (Å²) in [4.78, 5) is 0. The fourth-order valence-corrected chi connectivity index (χ4v) is 1.23. The van der Waals surface area contributed by atoms with Crippen LogP contribution in [0.5, 0.6) is 0 Å². The van der Waals surface area contributed by atoms with E-state index in [-0.39, 0.29) is 5.92 Å². The molecular weight excluding hydrogens is 210 g/mol. The summed E-state index contributed by atoms with van der Waals surface area (Å²) in [6.45, 7) is 0.978. The molecule has 0 N–H and O–H groups in total. The average molecular weight is 223 g/mol. The number of nitrogens with zero attached hydrogens (tertiary/aromatic N) is 3. The van der Waals surface area contributed by atoms with Crippen molar-refractivity contribution in [1.82, 2.24) is 0 Å². The third-order valence-corrected chi connectivity index (χ3v) is 2.00. The van der Waals surface area contributed by atoms with Gasteiger partial charge < -0.3 is 14.2 Å². The fraction of sp³-hybridized carbons (Fsp3) is 0.700. The van der Waals surface area contributed by atoms with Gasteiger partial charge in [0.2, 0.25) is 0 Å². The standard InChI is InChI=1S/C10H13N3O3/c11-7-14-4-1-2-10(6-16-9-13)3-5-15-8-12/h10H,1-6H2. The summed E-state index contributed by atoms with van der Waals surface area (Å²) in [7, 11) is 0. The largest absolute Gasteiger partial charge is 0.428 e. The molecular formula is C10H13N3O3. The van der Waals surface area contributed by atoms with Crippen LogP contribution in [-0.2, 0) is 14.2 Å². The van der Waals surface area contributed by atoms with E-state index < -0.39 is 0 Å². The Hall–Kier alpha value is -2.13. The van der Waals surface area contributed by atoms with Crippen LogP contribution in [0.15, 0.2) is 0 Å². The first kappa shape index (κ1) is 13.9. The number of rotatable bonds is 9. The van der Waals surface area contributed by atoms with Gasteiger partial charge in [-0.3, -0.25) is 0 Å². The van der Waals surface area contributed by atoms with Crippen molar-refractivity contribution in [3.8, 4) is 18.8 Å². The van der Waals surface area contributed by atoms with Crippen LogP contribution in [0, 0.1) is 40.5 Å². The minimum atomic E-state index is 0.135. The van der Waals surface area contributed by atoms with E-state index in [1.807, 2.05) is 0 Å². The van der Waals surface area contributed by atoms with Crippen LogP contribution < -0.4 is 0 Å². The van der Waals surface area contributed by atoms with Gasteiger partial charge in [0.25, 0.3) is 18.8 Å². The molecule has 6 heteroatoms. The zero-order valence-electron chi connectivity index (χ0n) is 8.89. The number of ether oxygens (including phenoxy) is 3. The molecule has 86 valence electrons. The first-order valence-corrected chi connectivity index (χ1v) is 4.87. The second-order valence-electron chi connectivity index (χ2n) is 3.08. The van der Waals surface area contributed by atoms with Crippen molar-refractivity contribution < 1.29 is 14.2 Å². The molecule has 0 aliphatic carbocycles. The van der Waals surface area contributed by atoms with Crippen molar-refractivity contribution in [2.24, 2.45) is 5.92 Å². The topological polar surface area (TPSA) is 99.1 Å². The van der Waals surface area contributed by atoms with Gasteiger partial charge in [0.15, 0.2) is 0 Å². The van der Waals surface area contributed by atoms with E-state index in [0.717, 1.165) is 6.42 Å². The second kappa shape index (κ2) is 10.9. The summed E-state index contributed by atoms with van der Waals surface area (Å²) in [5.41, 5.74) is 0. The Kier molecular flexibility index (Phi) is 9.49. The predicted octanol–water partition coefficient (Wildman–Crippen LogP) is 1.27. The van der Waals surface area contributed by atoms with Crippen molar-refractivity contribution in [3.63, 3.8) is 0 Å². The van der Waals surface area contributed by atoms with Crippen molar-refractivity contribution >= 4 is 0 Å². The molecule has 0 aromatic carbocycles. The highest BCUT2D eigenvalue weighted by Crippen LogP contribution is 2.12. The Labute approximate surface area is 94.5 Å². The van der Waals surface area contributed by atoms with Gasteiger partial charge in [0.05, 0.1) is 0 Å². The van der Waals surface area contributed by atoms with Crippen molar-refractivity contribution in [2.45, 2.75) is 19.3 Å². The molecule has 0 spiro atoms. The summed E-state index contributed by atoms with van der Waals surface area (Å²) in [5, 5.41) is 24.6. The molecule has 0 fully saturated rings. The Morgan fingerprint density at radius 2 is 1.44 bits per heavy atom. The van der Waals surface area contributed by atoms with Crippen LogP contribution in [-0.4, -0.2) is 19.8 Å². The SMILES string of the molecule is N#COCCCC(CCOC#N)COC#N. The van der Waals surface area contributed by atoms with E-state index in [4.69, 9.17) is 15.8 Å². The maximum Gasteiger partial charge on any atom is 0.286 e. The van der Waals surface area contributed by atoms with Gasteiger partial charge in [-0.1, -0.05) is 0 Å². The highest BCUT2D eigenvalue weighted by Gasteiger charge is 2.10. The van der Waals surface area contributed by atoms with Gasteiger partial charge in [-0.05, 0) is 25.2 Å². The van der Waals surface area contributed by atoms with Gasteiger partial charge in [-0.25, -0.2) is 0 Å². The molecule has 0 saturated carbocycles. The Balaban J connectivity index is 3.69. The van der Waals surface area contributed by atoms with Gasteiger partial charge in [0, 0.05) is 0 Å². The minimum absolute atomic E-state index is 0.135.